The quantitative estimate of drug-likeness (QED) is 0.825. The van der Waals surface area contributed by atoms with Crippen LogP contribution in [0.1, 0.15) is 17.0 Å². The molecule has 3 heterocycles. The monoisotopic (exact) mass is 244 g/mol. The molecule has 1 aliphatic rings. The number of anilines is 1. The fraction of sp³-hybridized carbons (Fsp3) is 0.417. The van der Waals surface area contributed by atoms with Crippen molar-refractivity contribution < 1.29 is 0 Å². The molecule has 0 bridgehead atoms. The van der Waals surface area contributed by atoms with Crippen molar-refractivity contribution in [3.8, 4) is 0 Å². The summed E-state index contributed by atoms with van der Waals surface area (Å²) in [6.45, 7) is 2.77. The van der Waals surface area contributed by atoms with Gasteiger partial charge in [0.1, 0.15) is 0 Å². The van der Waals surface area contributed by atoms with Crippen LogP contribution in [0.25, 0.3) is 0 Å². The molecule has 2 aromatic heterocycles. The zero-order valence-corrected chi connectivity index (χ0v) is 10.4. The van der Waals surface area contributed by atoms with Gasteiger partial charge in [-0.25, -0.2) is 15.0 Å². The van der Waals surface area contributed by atoms with Crippen LogP contribution >= 0.6 is 0 Å². The third-order valence-electron chi connectivity index (χ3n) is 3.33. The maximum absolute atomic E-state index is 5.60. The third-order valence-corrected chi connectivity index (χ3v) is 3.33. The highest BCUT2D eigenvalue weighted by Crippen LogP contribution is 2.18. The molecule has 0 atom stereocenters. The topological polar surface area (TPSA) is 72.9 Å². The van der Waals surface area contributed by atoms with Gasteiger partial charge >= 0.3 is 0 Å². The third kappa shape index (κ3) is 2.06. The first-order chi connectivity index (χ1) is 8.72. The molecule has 0 amide bonds. The first-order valence-corrected chi connectivity index (χ1v) is 6.00. The van der Waals surface area contributed by atoms with Gasteiger partial charge in [-0.1, -0.05) is 0 Å². The number of nitrogens with two attached hydrogens (primary N) is 1. The molecule has 3 rings (SSSR count). The maximum atomic E-state index is 5.60. The van der Waals surface area contributed by atoms with Gasteiger partial charge in [0.2, 0.25) is 5.95 Å². The van der Waals surface area contributed by atoms with Gasteiger partial charge in [0, 0.05) is 51.1 Å². The first kappa shape index (κ1) is 11.2. The number of nitrogen functional groups attached to an aromatic ring is 1. The average molecular weight is 244 g/mol. The van der Waals surface area contributed by atoms with E-state index in [4.69, 9.17) is 5.73 Å². The fourth-order valence-electron chi connectivity index (χ4n) is 2.29. The number of aryl methyl sites for hydroxylation is 1. The molecule has 0 radical (unpaired) electrons. The highest BCUT2D eigenvalue weighted by molar-refractivity contribution is 5.27. The zero-order valence-electron chi connectivity index (χ0n) is 10.4. The summed E-state index contributed by atoms with van der Waals surface area (Å²) in [5.74, 6) is 0.369. The Labute approximate surface area is 105 Å². The fourth-order valence-corrected chi connectivity index (χ4v) is 2.29. The lowest BCUT2D eigenvalue weighted by atomic mass is 10.1. The predicted molar refractivity (Wildman–Crippen MR) is 67.5 cm³/mol. The van der Waals surface area contributed by atoms with Crippen LogP contribution in [0.4, 0.5) is 5.95 Å². The summed E-state index contributed by atoms with van der Waals surface area (Å²) in [6.07, 6.45) is 6.51. The van der Waals surface area contributed by atoms with Crippen LogP contribution < -0.4 is 5.73 Å². The molecule has 2 aromatic rings. The molecule has 0 fully saturated rings. The molecule has 1 aliphatic heterocycles. The van der Waals surface area contributed by atoms with Crippen molar-refractivity contribution >= 4 is 5.95 Å². The molecule has 0 aliphatic carbocycles. The van der Waals surface area contributed by atoms with E-state index in [1.165, 1.54) is 11.3 Å². The Morgan fingerprint density at radius 2 is 2.28 bits per heavy atom. The highest BCUT2D eigenvalue weighted by Gasteiger charge is 2.18. The van der Waals surface area contributed by atoms with Gasteiger partial charge in [-0.05, 0) is 0 Å². The van der Waals surface area contributed by atoms with Gasteiger partial charge < -0.3 is 10.3 Å². The van der Waals surface area contributed by atoms with Gasteiger partial charge in [-0.15, -0.1) is 0 Å². The Balaban J connectivity index is 1.75. The van der Waals surface area contributed by atoms with Crippen LogP contribution in [0.2, 0.25) is 0 Å². The minimum atomic E-state index is 0.369. The zero-order chi connectivity index (χ0) is 12.5. The second-order valence-electron chi connectivity index (χ2n) is 4.66. The van der Waals surface area contributed by atoms with Crippen LogP contribution in [0, 0.1) is 0 Å². The van der Waals surface area contributed by atoms with Gasteiger partial charge in [-0.3, -0.25) is 4.90 Å². The van der Waals surface area contributed by atoms with E-state index in [0.717, 1.165) is 31.7 Å². The maximum Gasteiger partial charge on any atom is 0.220 e. The van der Waals surface area contributed by atoms with E-state index in [-0.39, 0.29) is 0 Å². The lowest BCUT2D eigenvalue weighted by Crippen LogP contribution is -2.31. The van der Waals surface area contributed by atoms with Crippen molar-refractivity contribution in [2.24, 2.45) is 7.05 Å². The number of rotatable bonds is 2. The second-order valence-corrected chi connectivity index (χ2v) is 4.66. The number of aromatic nitrogens is 4. The SMILES string of the molecule is Cn1cncc1CN1CCc2nc(N)ncc2C1. The smallest absolute Gasteiger partial charge is 0.220 e. The van der Waals surface area contributed by atoms with E-state index in [9.17, 15) is 0 Å². The number of imidazole rings is 1. The molecule has 6 heteroatoms. The summed E-state index contributed by atoms with van der Waals surface area (Å²) >= 11 is 0. The minimum Gasteiger partial charge on any atom is -0.368 e. The molecule has 6 nitrogen and oxygen atoms in total. The van der Waals surface area contributed by atoms with E-state index >= 15 is 0 Å². The van der Waals surface area contributed by atoms with Gasteiger partial charge in [-0.2, -0.15) is 0 Å². The van der Waals surface area contributed by atoms with E-state index in [1.807, 2.05) is 25.8 Å². The molecular weight excluding hydrogens is 228 g/mol. The van der Waals surface area contributed by atoms with Crippen molar-refractivity contribution in [3.05, 3.63) is 35.7 Å². The van der Waals surface area contributed by atoms with E-state index in [0.29, 0.717) is 5.95 Å². The second kappa shape index (κ2) is 4.38. The van der Waals surface area contributed by atoms with E-state index in [2.05, 4.69) is 24.4 Å². The van der Waals surface area contributed by atoms with Crippen molar-refractivity contribution in [1.82, 2.24) is 24.4 Å². The standard InChI is InChI=1S/C12H16N6/c1-17-8-14-5-10(17)7-18-3-2-11-9(6-18)4-15-12(13)16-11/h4-5,8H,2-3,6-7H2,1H3,(H2,13,15,16). The molecule has 2 N–H and O–H groups in total. The Morgan fingerprint density at radius 1 is 1.39 bits per heavy atom. The number of fused-ring (bicyclic) bond motifs is 1. The molecule has 0 saturated heterocycles. The largest absolute Gasteiger partial charge is 0.368 e. The average Bonchev–Trinajstić information content (AvgIpc) is 2.75. The Bertz CT molecular complexity index is 561. The molecule has 18 heavy (non-hydrogen) atoms. The molecule has 94 valence electrons. The Hall–Kier alpha value is -1.95. The lowest BCUT2D eigenvalue weighted by molar-refractivity contribution is 0.238. The van der Waals surface area contributed by atoms with Gasteiger partial charge in [0.25, 0.3) is 0 Å². The summed E-state index contributed by atoms with van der Waals surface area (Å²) < 4.78 is 2.05. The summed E-state index contributed by atoms with van der Waals surface area (Å²) in [6, 6.07) is 0. The molecule has 0 aromatic carbocycles. The molecular formula is C12H16N6. The first-order valence-electron chi connectivity index (χ1n) is 6.00. The summed E-state index contributed by atoms with van der Waals surface area (Å²) in [5.41, 5.74) is 9.08. The van der Waals surface area contributed by atoms with Gasteiger partial charge in [0.05, 0.1) is 17.7 Å². The predicted octanol–water partition coefficient (Wildman–Crippen LogP) is 0.351. The summed E-state index contributed by atoms with van der Waals surface area (Å²) in [4.78, 5) is 14.9. The van der Waals surface area contributed by atoms with Crippen LogP contribution in [0.5, 0.6) is 0 Å². The number of hydrogen-bond donors (Lipinski definition) is 1. The van der Waals surface area contributed by atoms with Crippen molar-refractivity contribution in [3.63, 3.8) is 0 Å². The van der Waals surface area contributed by atoms with E-state index < -0.39 is 0 Å². The van der Waals surface area contributed by atoms with Crippen LogP contribution in [-0.2, 0) is 26.6 Å². The summed E-state index contributed by atoms with van der Waals surface area (Å²) in [7, 11) is 2.02. The summed E-state index contributed by atoms with van der Waals surface area (Å²) in [5, 5.41) is 0. The Morgan fingerprint density at radius 3 is 3.06 bits per heavy atom. The van der Waals surface area contributed by atoms with Crippen molar-refractivity contribution in [1.29, 1.82) is 0 Å². The van der Waals surface area contributed by atoms with Crippen molar-refractivity contribution in [2.45, 2.75) is 19.5 Å². The molecule has 0 unspecified atom stereocenters. The normalized spacial score (nSPS) is 15.6. The van der Waals surface area contributed by atoms with Crippen molar-refractivity contribution in [2.75, 3.05) is 12.3 Å². The number of nitrogens with zero attached hydrogens (tertiary/aromatic N) is 5. The number of hydrogen-bond acceptors (Lipinski definition) is 5. The van der Waals surface area contributed by atoms with Crippen LogP contribution in [-0.4, -0.2) is 31.0 Å². The highest BCUT2D eigenvalue weighted by atomic mass is 15.2. The Kier molecular flexibility index (Phi) is 2.71. The van der Waals surface area contributed by atoms with Crippen LogP contribution in [0.15, 0.2) is 18.7 Å². The van der Waals surface area contributed by atoms with Gasteiger partial charge in [0.15, 0.2) is 0 Å². The minimum absolute atomic E-state index is 0.369. The van der Waals surface area contributed by atoms with Crippen LogP contribution in [0.3, 0.4) is 0 Å². The van der Waals surface area contributed by atoms with E-state index in [1.54, 1.807) is 0 Å². The molecule has 0 saturated carbocycles. The lowest BCUT2D eigenvalue weighted by Gasteiger charge is -2.27. The molecule has 0 spiro atoms.